The predicted octanol–water partition coefficient (Wildman–Crippen LogP) is 4.00. The van der Waals surface area contributed by atoms with Gasteiger partial charge < -0.3 is 19.7 Å². The first-order valence-corrected chi connectivity index (χ1v) is 13.5. The van der Waals surface area contributed by atoms with Crippen LogP contribution in [0.4, 0.5) is 0 Å². The SMILES string of the molecule is COc1ccc(S(=O)(=O)N(CC(C)C)C[C@@H](O)[C@@H](CC(=O)OC(C)(C)C)Cc2ccc(O)cc2)cc1. The van der Waals surface area contributed by atoms with Crippen molar-refractivity contribution in [3.05, 3.63) is 54.1 Å². The van der Waals surface area contributed by atoms with E-state index in [9.17, 15) is 23.4 Å². The Morgan fingerprint density at radius 2 is 1.58 bits per heavy atom. The normalized spacial score (nSPS) is 14.0. The van der Waals surface area contributed by atoms with Crippen molar-refractivity contribution >= 4 is 16.0 Å². The van der Waals surface area contributed by atoms with Crippen LogP contribution < -0.4 is 4.74 Å². The van der Waals surface area contributed by atoms with E-state index in [1.54, 1.807) is 45.0 Å². The Labute approximate surface area is 214 Å². The lowest BCUT2D eigenvalue weighted by molar-refractivity contribution is -0.157. The monoisotopic (exact) mass is 521 g/mol. The molecule has 36 heavy (non-hydrogen) atoms. The van der Waals surface area contributed by atoms with Gasteiger partial charge in [-0.25, -0.2) is 8.42 Å². The van der Waals surface area contributed by atoms with E-state index in [-0.39, 0.29) is 36.1 Å². The largest absolute Gasteiger partial charge is 0.508 e. The number of aliphatic hydroxyl groups is 1. The topological polar surface area (TPSA) is 113 Å². The van der Waals surface area contributed by atoms with E-state index in [2.05, 4.69) is 0 Å². The van der Waals surface area contributed by atoms with E-state index in [1.807, 2.05) is 13.8 Å². The zero-order valence-electron chi connectivity index (χ0n) is 22.0. The van der Waals surface area contributed by atoms with Crippen molar-refractivity contribution in [2.75, 3.05) is 20.2 Å². The number of aromatic hydroxyl groups is 1. The Morgan fingerprint density at radius 3 is 2.08 bits per heavy atom. The lowest BCUT2D eigenvalue weighted by atomic mass is 9.90. The van der Waals surface area contributed by atoms with Gasteiger partial charge in [-0.2, -0.15) is 4.31 Å². The first kappa shape index (κ1) is 29.6. The molecular weight excluding hydrogens is 482 g/mol. The molecule has 0 aliphatic carbocycles. The highest BCUT2D eigenvalue weighted by Crippen LogP contribution is 2.25. The molecule has 0 fully saturated rings. The minimum atomic E-state index is -3.92. The minimum Gasteiger partial charge on any atom is -0.508 e. The molecular formula is C27H39NO7S. The van der Waals surface area contributed by atoms with Crippen molar-refractivity contribution in [3.63, 3.8) is 0 Å². The van der Waals surface area contributed by atoms with E-state index in [0.29, 0.717) is 12.2 Å². The first-order valence-electron chi connectivity index (χ1n) is 12.0. The predicted molar refractivity (Wildman–Crippen MR) is 138 cm³/mol. The van der Waals surface area contributed by atoms with Crippen molar-refractivity contribution in [1.82, 2.24) is 4.31 Å². The van der Waals surface area contributed by atoms with Gasteiger partial charge in [0, 0.05) is 19.0 Å². The van der Waals surface area contributed by atoms with Gasteiger partial charge in [0.2, 0.25) is 10.0 Å². The van der Waals surface area contributed by atoms with Gasteiger partial charge in [-0.15, -0.1) is 0 Å². The number of phenolic OH excluding ortho intramolecular Hbond substituents is 1. The number of nitrogens with zero attached hydrogens (tertiary/aromatic N) is 1. The smallest absolute Gasteiger partial charge is 0.306 e. The highest BCUT2D eigenvalue weighted by Gasteiger charge is 2.32. The summed E-state index contributed by atoms with van der Waals surface area (Å²) < 4.78 is 38.8. The lowest BCUT2D eigenvalue weighted by Gasteiger charge is -2.30. The van der Waals surface area contributed by atoms with Crippen LogP contribution in [0, 0.1) is 11.8 Å². The number of sulfonamides is 1. The average molecular weight is 522 g/mol. The van der Waals surface area contributed by atoms with Gasteiger partial charge in [-0.3, -0.25) is 4.79 Å². The van der Waals surface area contributed by atoms with Crippen molar-refractivity contribution in [2.24, 2.45) is 11.8 Å². The Balaban J connectivity index is 2.33. The number of phenols is 1. The number of hydrogen-bond acceptors (Lipinski definition) is 7. The van der Waals surface area contributed by atoms with Crippen LogP contribution >= 0.6 is 0 Å². The number of hydrogen-bond donors (Lipinski definition) is 2. The summed E-state index contributed by atoms with van der Waals surface area (Å²) in [5, 5.41) is 20.9. The summed E-state index contributed by atoms with van der Waals surface area (Å²) in [6.45, 7) is 9.11. The molecule has 200 valence electrons. The summed E-state index contributed by atoms with van der Waals surface area (Å²) in [5.41, 5.74) is 0.112. The third-order valence-corrected chi connectivity index (χ3v) is 7.33. The van der Waals surface area contributed by atoms with Crippen LogP contribution in [-0.2, 0) is 26.0 Å². The van der Waals surface area contributed by atoms with Gasteiger partial charge in [0.15, 0.2) is 0 Å². The molecule has 0 spiro atoms. The summed E-state index contributed by atoms with van der Waals surface area (Å²) in [6, 6.07) is 12.6. The highest BCUT2D eigenvalue weighted by molar-refractivity contribution is 7.89. The summed E-state index contributed by atoms with van der Waals surface area (Å²) in [4.78, 5) is 12.7. The Hall–Kier alpha value is -2.62. The second kappa shape index (κ2) is 12.6. The maximum absolute atomic E-state index is 13.5. The number of aliphatic hydroxyl groups excluding tert-OH is 1. The molecule has 8 nitrogen and oxygen atoms in total. The number of benzene rings is 2. The van der Waals surface area contributed by atoms with E-state index >= 15 is 0 Å². The number of carbonyl (C=O) groups is 1. The molecule has 0 amide bonds. The second-order valence-corrected chi connectivity index (χ2v) is 12.3. The number of ether oxygens (including phenoxy) is 2. The van der Waals surface area contributed by atoms with Crippen LogP contribution in [0.15, 0.2) is 53.4 Å². The van der Waals surface area contributed by atoms with Crippen LogP contribution in [0.2, 0.25) is 0 Å². The Bertz CT molecular complexity index is 1070. The van der Waals surface area contributed by atoms with Crippen molar-refractivity contribution in [3.8, 4) is 11.5 Å². The maximum atomic E-state index is 13.5. The summed E-state index contributed by atoms with van der Waals surface area (Å²) in [6.07, 6.45) is -0.922. The zero-order chi connectivity index (χ0) is 27.1. The highest BCUT2D eigenvalue weighted by atomic mass is 32.2. The Morgan fingerprint density at radius 1 is 1.00 bits per heavy atom. The molecule has 0 bridgehead atoms. The van der Waals surface area contributed by atoms with Crippen LogP contribution in [0.1, 0.15) is 46.6 Å². The molecule has 0 heterocycles. The van der Waals surface area contributed by atoms with Crippen LogP contribution in [-0.4, -0.2) is 60.8 Å². The third kappa shape index (κ3) is 9.11. The Kier molecular flexibility index (Phi) is 10.3. The molecule has 0 saturated heterocycles. The minimum absolute atomic E-state index is 0.00614. The summed E-state index contributed by atoms with van der Waals surface area (Å²) >= 11 is 0. The second-order valence-electron chi connectivity index (χ2n) is 10.4. The van der Waals surface area contributed by atoms with Crippen LogP contribution in [0.5, 0.6) is 11.5 Å². The van der Waals surface area contributed by atoms with Gasteiger partial charge >= 0.3 is 5.97 Å². The number of rotatable bonds is 12. The van der Waals surface area contributed by atoms with Gasteiger partial charge in [0.05, 0.1) is 24.5 Å². The van der Waals surface area contributed by atoms with Crippen molar-refractivity contribution < 1.29 is 32.9 Å². The van der Waals surface area contributed by atoms with E-state index in [4.69, 9.17) is 9.47 Å². The molecule has 2 aromatic carbocycles. The molecule has 2 aromatic rings. The number of methoxy groups -OCH3 is 1. The van der Waals surface area contributed by atoms with E-state index in [0.717, 1.165) is 5.56 Å². The van der Waals surface area contributed by atoms with Gasteiger partial charge in [-0.1, -0.05) is 26.0 Å². The number of esters is 1. The first-order chi connectivity index (χ1) is 16.7. The average Bonchev–Trinajstić information content (AvgIpc) is 2.78. The molecule has 9 heteroatoms. The summed E-state index contributed by atoms with van der Waals surface area (Å²) in [7, 11) is -2.41. The van der Waals surface area contributed by atoms with Crippen LogP contribution in [0.25, 0.3) is 0 Å². The summed E-state index contributed by atoms with van der Waals surface area (Å²) in [5.74, 6) is -0.428. The standard InChI is InChI=1S/C27H39NO7S/c1-19(2)17-28(36(32,33)24-13-11-23(34-6)12-14-24)18-25(30)21(16-26(31)35-27(3,4)5)15-20-7-9-22(29)10-8-20/h7-14,19,21,25,29-30H,15-18H2,1-6H3/t21-,25-/m1/s1. The van der Waals surface area contributed by atoms with Gasteiger partial charge in [-0.05, 0) is 75.1 Å². The lowest BCUT2D eigenvalue weighted by Crippen LogP contribution is -2.43. The molecule has 0 aliphatic rings. The maximum Gasteiger partial charge on any atom is 0.306 e. The van der Waals surface area contributed by atoms with E-state index in [1.165, 1.54) is 35.7 Å². The molecule has 2 atom stereocenters. The third-order valence-electron chi connectivity index (χ3n) is 5.48. The van der Waals surface area contributed by atoms with Crippen LogP contribution in [0.3, 0.4) is 0 Å². The molecule has 0 aromatic heterocycles. The zero-order valence-corrected chi connectivity index (χ0v) is 22.8. The van der Waals surface area contributed by atoms with E-state index < -0.39 is 33.6 Å². The molecule has 0 radical (unpaired) electrons. The fourth-order valence-corrected chi connectivity index (χ4v) is 5.43. The molecule has 0 saturated carbocycles. The number of carbonyl (C=O) groups excluding carboxylic acids is 1. The molecule has 0 unspecified atom stereocenters. The quantitative estimate of drug-likeness (QED) is 0.406. The van der Waals surface area contributed by atoms with Gasteiger partial charge in [0.1, 0.15) is 17.1 Å². The molecule has 2 rings (SSSR count). The van der Waals surface area contributed by atoms with Crippen molar-refractivity contribution in [1.29, 1.82) is 0 Å². The fraction of sp³-hybridized carbons (Fsp3) is 0.519. The fourth-order valence-electron chi connectivity index (χ4n) is 3.81. The van der Waals surface area contributed by atoms with Crippen molar-refractivity contribution in [2.45, 2.75) is 64.1 Å². The molecule has 2 N–H and O–H groups in total. The van der Waals surface area contributed by atoms with Gasteiger partial charge in [0.25, 0.3) is 0 Å². The molecule has 0 aliphatic heterocycles.